The zero-order chi connectivity index (χ0) is 15.0. The quantitative estimate of drug-likeness (QED) is 0.910. The molecule has 2 heterocycles. The standard InChI is InChI=1S/C14H15N3O3S/c15-21(19,20)9-10-6-14(18)17(8-10)12-3-4-13-11(7-12)2-1-5-16-13/h1-5,7,10H,6,8-9H2,(H2,15,19,20). The van der Waals surface area contributed by atoms with Crippen molar-refractivity contribution in [1.82, 2.24) is 4.98 Å². The molecule has 2 aromatic rings. The molecule has 21 heavy (non-hydrogen) atoms. The van der Waals surface area contributed by atoms with E-state index >= 15 is 0 Å². The molecule has 6 nitrogen and oxygen atoms in total. The van der Waals surface area contributed by atoms with Crippen LogP contribution in [0.1, 0.15) is 6.42 Å². The first-order valence-electron chi connectivity index (χ1n) is 6.58. The summed E-state index contributed by atoms with van der Waals surface area (Å²) >= 11 is 0. The molecule has 1 aromatic carbocycles. The Kier molecular flexibility index (Phi) is 3.38. The van der Waals surface area contributed by atoms with Crippen molar-refractivity contribution < 1.29 is 13.2 Å². The highest BCUT2D eigenvalue weighted by atomic mass is 32.2. The second kappa shape index (κ2) is 5.09. The van der Waals surface area contributed by atoms with Gasteiger partial charge in [-0.2, -0.15) is 0 Å². The molecule has 1 atom stereocenters. The number of pyridine rings is 1. The summed E-state index contributed by atoms with van der Waals surface area (Å²) in [5.41, 5.74) is 1.62. The van der Waals surface area contributed by atoms with Gasteiger partial charge in [0.05, 0.1) is 11.3 Å². The second-order valence-electron chi connectivity index (χ2n) is 5.28. The topological polar surface area (TPSA) is 93.4 Å². The molecule has 1 aliphatic heterocycles. The summed E-state index contributed by atoms with van der Waals surface area (Å²) < 4.78 is 22.3. The maximum atomic E-state index is 12.1. The van der Waals surface area contributed by atoms with Crippen molar-refractivity contribution in [2.45, 2.75) is 6.42 Å². The van der Waals surface area contributed by atoms with Crippen molar-refractivity contribution in [2.24, 2.45) is 11.1 Å². The zero-order valence-electron chi connectivity index (χ0n) is 11.3. The van der Waals surface area contributed by atoms with Crippen molar-refractivity contribution in [2.75, 3.05) is 17.2 Å². The van der Waals surface area contributed by atoms with Crippen molar-refractivity contribution in [3.05, 3.63) is 36.5 Å². The molecule has 0 bridgehead atoms. The number of aromatic nitrogens is 1. The number of carbonyl (C=O) groups excluding carboxylic acids is 1. The fraction of sp³-hybridized carbons (Fsp3) is 0.286. The number of nitrogens with two attached hydrogens (primary N) is 1. The molecule has 110 valence electrons. The van der Waals surface area contributed by atoms with Gasteiger partial charge in [-0.05, 0) is 24.3 Å². The summed E-state index contributed by atoms with van der Waals surface area (Å²) in [6.07, 6.45) is 1.92. The van der Waals surface area contributed by atoms with Crippen LogP contribution in [0.2, 0.25) is 0 Å². The summed E-state index contributed by atoms with van der Waals surface area (Å²) in [5, 5.41) is 6.00. The average Bonchev–Trinajstić information content (AvgIpc) is 2.76. The fourth-order valence-corrected chi connectivity index (χ4v) is 3.58. The van der Waals surface area contributed by atoms with Crippen LogP contribution in [0.15, 0.2) is 36.5 Å². The van der Waals surface area contributed by atoms with E-state index in [1.807, 2.05) is 30.3 Å². The average molecular weight is 305 g/mol. The number of primary sulfonamides is 1. The normalized spacial score (nSPS) is 19.4. The molecule has 2 N–H and O–H groups in total. The number of hydrogen-bond donors (Lipinski definition) is 1. The van der Waals surface area contributed by atoms with Crippen LogP contribution in [-0.2, 0) is 14.8 Å². The van der Waals surface area contributed by atoms with Crippen molar-refractivity contribution in [3.63, 3.8) is 0 Å². The number of anilines is 1. The Hall–Kier alpha value is -1.99. The number of carbonyl (C=O) groups is 1. The van der Waals surface area contributed by atoms with Gasteiger partial charge in [0.1, 0.15) is 0 Å². The van der Waals surface area contributed by atoms with Gasteiger partial charge in [0.15, 0.2) is 0 Å². The molecule has 0 saturated carbocycles. The maximum Gasteiger partial charge on any atom is 0.227 e. The minimum Gasteiger partial charge on any atom is -0.312 e. The van der Waals surface area contributed by atoms with Crippen LogP contribution < -0.4 is 10.0 Å². The van der Waals surface area contributed by atoms with E-state index in [1.165, 1.54) is 0 Å². The number of fused-ring (bicyclic) bond motifs is 1. The minimum absolute atomic E-state index is 0.0770. The monoisotopic (exact) mass is 305 g/mol. The minimum atomic E-state index is -3.56. The van der Waals surface area contributed by atoms with Gasteiger partial charge in [0, 0.05) is 36.2 Å². The van der Waals surface area contributed by atoms with E-state index in [4.69, 9.17) is 5.14 Å². The third-order valence-corrected chi connectivity index (χ3v) is 4.51. The van der Waals surface area contributed by atoms with E-state index in [0.717, 1.165) is 16.6 Å². The van der Waals surface area contributed by atoms with Crippen LogP contribution >= 0.6 is 0 Å². The number of nitrogens with zero attached hydrogens (tertiary/aromatic N) is 2. The predicted octanol–water partition coefficient (Wildman–Crippen LogP) is 0.876. The Balaban J connectivity index is 1.87. The number of sulfonamides is 1. The molecule has 1 unspecified atom stereocenters. The number of amides is 1. The van der Waals surface area contributed by atoms with Gasteiger partial charge in [-0.25, -0.2) is 13.6 Å². The van der Waals surface area contributed by atoms with Gasteiger partial charge < -0.3 is 4.90 Å². The van der Waals surface area contributed by atoms with Crippen molar-refractivity contribution in [1.29, 1.82) is 0 Å². The van der Waals surface area contributed by atoms with Crippen molar-refractivity contribution >= 4 is 32.5 Å². The summed E-state index contributed by atoms with van der Waals surface area (Å²) in [5.74, 6) is -0.492. The van der Waals surface area contributed by atoms with E-state index in [1.54, 1.807) is 11.1 Å². The molecule has 1 fully saturated rings. The van der Waals surface area contributed by atoms with E-state index in [-0.39, 0.29) is 24.0 Å². The smallest absolute Gasteiger partial charge is 0.227 e. The molecule has 1 aliphatic rings. The van der Waals surface area contributed by atoms with Crippen LogP contribution in [0.5, 0.6) is 0 Å². The van der Waals surface area contributed by atoms with Gasteiger partial charge in [-0.15, -0.1) is 0 Å². The molecular formula is C14H15N3O3S. The Labute approximate surface area is 122 Å². The van der Waals surface area contributed by atoms with Gasteiger partial charge in [0.2, 0.25) is 15.9 Å². The maximum absolute atomic E-state index is 12.1. The Morgan fingerprint density at radius 2 is 2.14 bits per heavy atom. The van der Waals surface area contributed by atoms with E-state index < -0.39 is 10.0 Å². The highest BCUT2D eigenvalue weighted by Gasteiger charge is 2.32. The van der Waals surface area contributed by atoms with Crippen LogP contribution in [0.25, 0.3) is 10.9 Å². The first-order chi connectivity index (χ1) is 9.92. The highest BCUT2D eigenvalue weighted by Crippen LogP contribution is 2.27. The van der Waals surface area contributed by atoms with Gasteiger partial charge in [-0.1, -0.05) is 6.07 Å². The summed E-state index contributed by atoms with van der Waals surface area (Å²) in [6.45, 7) is 0.376. The zero-order valence-corrected chi connectivity index (χ0v) is 12.1. The Morgan fingerprint density at radius 1 is 1.33 bits per heavy atom. The molecule has 0 aliphatic carbocycles. The van der Waals surface area contributed by atoms with E-state index in [9.17, 15) is 13.2 Å². The molecule has 3 rings (SSSR count). The van der Waals surface area contributed by atoms with Gasteiger partial charge in [-0.3, -0.25) is 9.78 Å². The lowest BCUT2D eigenvalue weighted by Crippen LogP contribution is -2.27. The van der Waals surface area contributed by atoms with E-state index in [0.29, 0.717) is 6.54 Å². The summed E-state index contributed by atoms with van der Waals surface area (Å²) in [7, 11) is -3.56. The summed E-state index contributed by atoms with van der Waals surface area (Å²) in [6, 6.07) is 9.33. The van der Waals surface area contributed by atoms with Crippen LogP contribution in [0.4, 0.5) is 5.69 Å². The molecule has 1 amide bonds. The predicted molar refractivity (Wildman–Crippen MR) is 80.2 cm³/mol. The lowest BCUT2D eigenvalue weighted by Gasteiger charge is -2.17. The number of benzene rings is 1. The van der Waals surface area contributed by atoms with Crippen molar-refractivity contribution in [3.8, 4) is 0 Å². The molecular weight excluding hydrogens is 290 g/mol. The lowest BCUT2D eigenvalue weighted by atomic mass is 10.1. The second-order valence-corrected chi connectivity index (χ2v) is 6.94. The fourth-order valence-electron chi connectivity index (χ4n) is 2.70. The largest absolute Gasteiger partial charge is 0.312 e. The van der Waals surface area contributed by atoms with E-state index in [2.05, 4.69) is 4.98 Å². The van der Waals surface area contributed by atoms with Crippen LogP contribution in [0.3, 0.4) is 0 Å². The first kappa shape index (κ1) is 14.0. The third-order valence-electron chi connectivity index (χ3n) is 3.57. The highest BCUT2D eigenvalue weighted by molar-refractivity contribution is 7.89. The molecule has 1 aromatic heterocycles. The summed E-state index contributed by atoms with van der Waals surface area (Å²) in [4.78, 5) is 17.9. The molecule has 1 saturated heterocycles. The molecule has 7 heteroatoms. The third kappa shape index (κ3) is 3.03. The lowest BCUT2D eigenvalue weighted by molar-refractivity contribution is -0.117. The molecule has 0 spiro atoms. The Bertz CT molecular complexity index is 804. The number of hydrogen-bond acceptors (Lipinski definition) is 4. The molecule has 0 radical (unpaired) electrons. The number of rotatable bonds is 3. The first-order valence-corrected chi connectivity index (χ1v) is 8.29. The van der Waals surface area contributed by atoms with Crippen LogP contribution in [-0.4, -0.2) is 31.6 Å². The van der Waals surface area contributed by atoms with Gasteiger partial charge >= 0.3 is 0 Å². The Morgan fingerprint density at radius 3 is 2.90 bits per heavy atom. The van der Waals surface area contributed by atoms with Gasteiger partial charge in [0.25, 0.3) is 0 Å². The van der Waals surface area contributed by atoms with Crippen LogP contribution in [0, 0.1) is 5.92 Å². The SMILES string of the molecule is NS(=O)(=O)CC1CC(=O)N(c2ccc3ncccc3c2)C1.